The minimum Gasteiger partial charge on any atom is -0.265 e. The summed E-state index contributed by atoms with van der Waals surface area (Å²) in [5.74, 6) is -1.40. The molecule has 0 aliphatic rings. The Bertz CT molecular complexity index is 838. The maximum atomic E-state index is 13.6. The van der Waals surface area contributed by atoms with Crippen molar-refractivity contribution in [2.45, 2.75) is 6.54 Å². The lowest BCUT2D eigenvalue weighted by Gasteiger charge is -2.05. The molecule has 5 nitrogen and oxygen atoms in total. The van der Waals surface area contributed by atoms with Crippen molar-refractivity contribution < 1.29 is 8.78 Å². The molecule has 0 bridgehead atoms. The Labute approximate surface area is 115 Å². The molecule has 20 heavy (non-hydrogen) atoms. The van der Waals surface area contributed by atoms with Crippen molar-refractivity contribution >= 4 is 22.5 Å². The molecular formula is C12H7ClF2N4O. The van der Waals surface area contributed by atoms with E-state index in [2.05, 4.69) is 15.3 Å². The fourth-order valence-corrected chi connectivity index (χ4v) is 2.12. The molecule has 0 atom stereocenters. The predicted octanol–water partition coefficient (Wildman–Crippen LogP) is 2.10. The third kappa shape index (κ3) is 1.96. The van der Waals surface area contributed by atoms with E-state index in [0.29, 0.717) is 5.39 Å². The quantitative estimate of drug-likeness (QED) is 0.787. The Morgan fingerprint density at radius 2 is 2.00 bits per heavy atom. The van der Waals surface area contributed by atoms with Gasteiger partial charge in [-0.2, -0.15) is 10.2 Å². The van der Waals surface area contributed by atoms with Crippen LogP contribution in [0.15, 0.2) is 29.2 Å². The number of aromatic amines is 1. The van der Waals surface area contributed by atoms with Crippen LogP contribution in [-0.4, -0.2) is 20.0 Å². The smallest absolute Gasteiger partial charge is 0.265 e. The van der Waals surface area contributed by atoms with Crippen LogP contribution in [0.4, 0.5) is 8.78 Å². The molecule has 0 unspecified atom stereocenters. The molecule has 2 aromatic heterocycles. The van der Waals surface area contributed by atoms with Crippen molar-refractivity contribution in [3.8, 4) is 0 Å². The maximum Gasteiger partial charge on any atom is 0.292 e. The summed E-state index contributed by atoms with van der Waals surface area (Å²) in [5.41, 5.74) is -0.620. The highest BCUT2D eigenvalue weighted by Gasteiger charge is 2.16. The Morgan fingerprint density at radius 3 is 2.65 bits per heavy atom. The van der Waals surface area contributed by atoms with Gasteiger partial charge in [0.15, 0.2) is 5.52 Å². The van der Waals surface area contributed by atoms with Crippen molar-refractivity contribution in [1.82, 2.24) is 20.0 Å². The molecule has 0 aliphatic heterocycles. The lowest BCUT2D eigenvalue weighted by Crippen LogP contribution is -2.09. The molecule has 0 amide bonds. The van der Waals surface area contributed by atoms with E-state index >= 15 is 0 Å². The molecule has 1 aromatic carbocycles. The highest BCUT2D eigenvalue weighted by molar-refractivity contribution is 6.34. The van der Waals surface area contributed by atoms with Crippen LogP contribution in [0.25, 0.3) is 10.9 Å². The lowest BCUT2D eigenvalue weighted by atomic mass is 10.2. The summed E-state index contributed by atoms with van der Waals surface area (Å²) >= 11 is 6.05. The third-order valence-corrected chi connectivity index (χ3v) is 3.27. The zero-order valence-electron chi connectivity index (χ0n) is 9.90. The molecule has 0 radical (unpaired) electrons. The second-order valence-corrected chi connectivity index (χ2v) is 4.47. The molecule has 2 heterocycles. The number of rotatable bonds is 2. The van der Waals surface area contributed by atoms with Crippen LogP contribution in [0.2, 0.25) is 5.15 Å². The van der Waals surface area contributed by atoms with Crippen molar-refractivity contribution in [3.05, 3.63) is 57.1 Å². The van der Waals surface area contributed by atoms with Gasteiger partial charge in [-0.25, -0.2) is 18.6 Å². The van der Waals surface area contributed by atoms with Gasteiger partial charge in [-0.15, -0.1) is 0 Å². The molecule has 8 heteroatoms. The first-order valence-corrected chi connectivity index (χ1v) is 5.98. The van der Waals surface area contributed by atoms with Gasteiger partial charge < -0.3 is 0 Å². The van der Waals surface area contributed by atoms with E-state index in [0.717, 1.165) is 16.8 Å². The van der Waals surface area contributed by atoms with E-state index in [4.69, 9.17) is 11.6 Å². The average Bonchev–Trinajstić information content (AvgIpc) is 2.73. The molecule has 0 saturated carbocycles. The zero-order valence-corrected chi connectivity index (χ0v) is 10.7. The second kappa shape index (κ2) is 4.68. The number of H-pyrrole nitrogens is 1. The Hall–Kier alpha value is -2.28. The van der Waals surface area contributed by atoms with E-state index < -0.39 is 17.2 Å². The molecule has 102 valence electrons. The fourth-order valence-electron chi connectivity index (χ4n) is 1.88. The van der Waals surface area contributed by atoms with Gasteiger partial charge in [0, 0.05) is 5.56 Å². The number of nitrogens with one attached hydrogen (secondary N) is 1. The summed E-state index contributed by atoms with van der Waals surface area (Å²) < 4.78 is 28.4. The number of fused-ring (bicyclic) bond motifs is 1. The standard InChI is InChI=1S/C12H7ClF2N4O/c13-11-6-4-16-17-12(20)10(6)18-19(11)5-7-8(14)2-1-3-9(7)15/h1-4H,5H2,(H,17,20). The highest BCUT2D eigenvalue weighted by atomic mass is 35.5. The number of halogens is 3. The first-order valence-electron chi connectivity index (χ1n) is 5.60. The second-order valence-electron chi connectivity index (χ2n) is 4.11. The van der Waals surface area contributed by atoms with E-state index in [9.17, 15) is 13.6 Å². The molecule has 0 saturated heterocycles. The Balaban J connectivity index is 2.14. The first kappa shape index (κ1) is 12.7. The molecular weight excluding hydrogens is 290 g/mol. The van der Waals surface area contributed by atoms with Gasteiger partial charge >= 0.3 is 0 Å². The molecule has 0 fully saturated rings. The molecule has 3 aromatic rings. The van der Waals surface area contributed by atoms with Crippen molar-refractivity contribution in [1.29, 1.82) is 0 Å². The lowest BCUT2D eigenvalue weighted by molar-refractivity contribution is 0.534. The average molecular weight is 297 g/mol. The monoisotopic (exact) mass is 296 g/mol. The van der Waals surface area contributed by atoms with Crippen LogP contribution >= 0.6 is 11.6 Å². The van der Waals surface area contributed by atoms with Crippen molar-refractivity contribution in [2.75, 3.05) is 0 Å². The Morgan fingerprint density at radius 1 is 1.30 bits per heavy atom. The summed E-state index contributed by atoms with van der Waals surface area (Å²) in [7, 11) is 0. The first-order chi connectivity index (χ1) is 9.58. The molecule has 1 N–H and O–H groups in total. The van der Waals surface area contributed by atoms with Crippen LogP contribution < -0.4 is 5.56 Å². The number of hydrogen-bond donors (Lipinski definition) is 1. The number of benzene rings is 1. The molecule has 3 rings (SSSR count). The van der Waals surface area contributed by atoms with E-state index in [1.165, 1.54) is 12.3 Å². The normalized spacial score (nSPS) is 11.2. The number of nitrogens with zero attached hydrogens (tertiary/aromatic N) is 3. The minimum absolute atomic E-state index is 0.0711. The van der Waals surface area contributed by atoms with Crippen LogP contribution in [0, 0.1) is 11.6 Å². The topological polar surface area (TPSA) is 63.6 Å². The summed E-state index contributed by atoms with van der Waals surface area (Å²) in [6.45, 7) is -0.217. The number of hydrogen-bond acceptors (Lipinski definition) is 3. The van der Waals surface area contributed by atoms with E-state index in [1.807, 2.05) is 0 Å². The largest absolute Gasteiger partial charge is 0.292 e. The van der Waals surface area contributed by atoms with Gasteiger partial charge in [-0.05, 0) is 12.1 Å². The predicted molar refractivity (Wildman–Crippen MR) is 68.6 cm³/mol. The summed E-state index contributed by atoms with van der Waals surface area (Å²) in [4.78, 5) is 11.5. The minimum atomic E-state index is -0.701. The van der Waals surface area contributed by atoms with Crippen LogP contribution in [0.1, 0.15) is 5.56 Å². The van der Waals surface area contributed by atoms with Crippen molar-refractivity contribution in [2.24, 2.45) is 0 Å². The van der Waals surface area contributed by atoms with Gasteiger partial charge in [0.05, 0.1) is 18.1 Å². The zero-order chi connectivity index (χ0) is 14.3. The summed E-state index contributed by atoms with van der Waals surface area (Å²) in [6.07, 6.45) is 1.33. The SMILES string of the molecule is O=c1[nH]ncc2c(Cl)n(Cc3c(F)cccc3F)nc12. The van der Waals surface area contributed by atoms with E-state index in [1.54, 1.807) is 0 Å². The van der Waals surface area contributed by atoms with E-state index in [-0.39, 0.29) is 22.8 Å². The summed E-state index contributed by atoms with van der Waals surface area (Å²) in [6, 6.07) is 3.55. The van der Waals surface area contributed by atoms with Gasteiger partial charge in [0.2, 0.25) is 0 Å². The van der Waals surface area contributed by atoms with Gasteiger partial charge in [-0.1, -0.05) is 17.7 Å². The van der Waals surface area contributed by atoms with Gasteiger partial charge in [0.1, 0.15) is 16.8 Å². The highest BCUT2D eigenvalue weighted by Crippen LogP contribution is 2.22. The van der Waals surface area contributed by atoms with Crippen LogP contribution in [0.3, 0.4) is 0 Å². The van der Waals surface area contributed by atoms with Crippen LogP contribution in [0.5, 0.6) is 0 Å². The van der Waals surface area contributed by atoms with Gasteiger partial charge in [0.25, 0.3) is 5.56 Å². The maximum absolute atomic E-state index is 13.6. The summed E-state index contributed by atoms with van der Waals surface area (Å²) in [5, 5.41) is 10.2. The number of aromatic nitrogens is 4. The van der Waals surface area contributed by atoms with Crippen LogP contribution in [-0.2, 0) is 6.54 Å². The molecule has 0 aliphatic carbocycles. The fraction of sp³-hybridized carbons (Fsp3) is 0.0833. The third-order valence-electron chi connectivity index (χ3n) is 2.87. The molecule has 0 spiro atoms. The Kier molecular flexibility index (Phi) is 2.98. The van der Waals surface area contributed by atoms with Gasteiger partial charge in [-0.3, -0.25) is 4.79 Å². The van der Waals surface area contributed by atoms with Crippen molar-refractivity contribution in [3.63, 3.8) is 0 Å².